The van der Waals surface area contributed by atoms with Crippen LogP contribution in [0, 0.1) is 0 Å². The number of nitrogens with one attached hydrogen (secondary N) is 2. The molecule has 70 valence electrons. The summed E-state index contributed by atoms with van der Waals surface area (Å²) in [6, 6.07) is 2.70. The molecular formula is C8H10N2O3. The zero-order valence-corrected chi connectivity index (χ0v) is 7.16. The van der Waals surface area contributed by atoms with Crippen molar-refractivity contribution in [2.75, 3.05) is 6.61 Å². The quantitative estimate of drug-likeness (QED) is 0.649. The van der Waals surface area contributed by atoms with Crippen molar-refractivity contribution in [3.8, 4) is 0 Å². The maximum absolute atomic E-state index is 11.2. The molecular weight excluding hydrogens is 172 g/mol. The van der Waals surface area contributed by atoms with Crippen LogP contribution in [0.1, 0.15) is 17.3 Å². The van der Waals surface area contributed by atoms with Gasteiger partial charge in [-0.25, -0.2) is 5.48 Å². The number of aromatic nitrogens is 1. The fourth-order valence-electron chi connectivity index (χ4n) is 0.782. The summed E-state index contributed by atoms with van der Waals surface area (Å²) < 4.78 is 0. The summed E-state index contributed by atoms with van der Waals surface area (Å²) in [6.07, 6.45) is 1.41. The first-order valence-corrected chi connectivity index (χ1v) is 3.85. The predicted octanol–water partition coefficient (Wildman–Crippen LogP) is 0.0562. The van der Waals surface area contributed by atoms with E-state index in [4.69, 9.17) is 0 Å². The van der Waals surface area contributed by atoms with Gasteiger partial charge >= 0.3 is 0 Å². The second-order valence-corrected chi connectivity index (χ2v) is 2.31. The highest BCUT2D eigenvalue weighted by molar-refractivity contribution is 5.93. The smallest absolute Gasteiger partial charge is 0.275 e. The van der Waals surface area contributed by atoms with Crippen molar-refractivity contribution in [3.63, 3.8) is 0 Å². The monoisotopic (exact) mass is 182 g/mol. The topological polar surface area (TPSA) is 71.2 Å². The Bertz CT molecular complexity index is 345. The van der Waals surface area contributed by atoms with Crippen molar-refractivity contribution in [1.29, 1.82) is 0 Å². The van der Waals surface area contributed by atoms with Crippen LogP contribution in [-0.4, -0.2) is 17.5 Å². The van der Waals surface area contributed by atoms with Gasteiger partial charge in [-0.3, -0.25) is 14.4 Å². The average Bonchev–Trinajstić information content (AvgIpc) is 2.14. The van der Waals surface area contributed by atoms with E-state index >= 15 is 0 Å². The zero-order valence-electron chi connectivity index (χ0n) is 7.16. The molecule has 0 unspecified atom stereocenters. The van der Waals surface area contributed by atoms with E-state index in [2.05, 4.69) is 15.3 Å². The van der Waals surface area contributed by atoms with Crippen LogP contribution in [0.5, 0.6) is 0 Å². The molecule has 13 heavy (non-hydrogen) atoms. The van der Waals surface area contributed by atoms with E-state index in [1.54, 1.807) is 6.92 Å². The molecule has 1 aromatic heterocycles. The Kier molecular flexibility index (Phi) is 3.22. The van der Waals surface area contributed by atoms with Crippen LogP contribution in [0.4, 0.5) is 0 Å². The summed E-state index contributed by atoms with van der Waals surface area (Å²) >= 11 is 0. The first kappa shape index (κ1) is 9.47. The normalized spacial score (nSPS) is 9.62. The van der Waals surface area contributed by atoms with Crippen LogP contribution in [0.15, 0.2) is 23.1 Å². The lowest BCUT2D eigenvalue weighted by Gasteiger charge is -2.01. The molecule has 2 N–H and O–H groups in total. The highest BCUT2D eigenvalue weighted by Crippen LogP contribution is 1.91. The number of carbonyl (C=O) groups excluding carboxylic acids is 1. The van der Waals surface area contributed by atoms with Crippen molar-refractivity contribution < 1.29 is 9.63 Å². The van der Waals surface area contributed by atoms with Crippen LogP contribution >= 0.6 is 0 Å². The van der Waals surface area contributed by atoms with E-state index in [0.717, 1.165) is 0 Å². The molecule has 0 radical (unpaired) electrons. The number of hydroxylamine groups is 1. The molecule has 0 saturated carbocycles. The number of hydrogen-bond donors (Lipinski definition) is 2. The third-order valence-corrected chi connectivity index (χ3v) is 1.35. The molecule has 1 rings (SSSR count). The number of pyridine rings is 1. The second kappa shape index (κ2) is 4.42. The van der Waals surface area contributed by atoms with E-state index in [-0.39, 0.29) is 11.1 Å². The largest absolute Gasteiger partial charge is 0.329 e. The zero-order chi connectivity index (χ0) is 9.68. The molecule has 0 spiro atoms. The van der Waals surface area contributed by atoms with Gasteiger partial charge in [0, 0.05) is 17.8 Å². The Hall–Kier alpha value is -1.62. The molecule has 0 aliphatic carbocycles. The average molecular weight is 182 g/mol. The standard InChI is InChI=1S/C8H10N2O3/c1-2-13-10-8(12)6-3-4-9-7(11)5-6/h3-5H,2H2,1H3,(H,9,11)(H,10,12). The van der Waals surface area contributed by atoms with Crippen molar-refractivity contribution in [1.82, 2.24) is 10.5 Å². The molecule has 0 aromatic carbocycles. The Labute approximate surface area is 74.7 Å². The maximum Gasteiger partial charge on any atom is 0.275 e. The fraction of sp³-hybridized carbons (Fsp3) is 0.250. The maximum atomic E-state index is 11.2. The van der Waals surface area contributed by atoms with Gasteiger partial charge in [-0.05, 0) is 13.0 Å². The lowest BCUT2D eigenvalue weighted by Crippen LogP contribution is -2.24. The van der Waals surface area contributed by atoms with Gasteiger partial charge in [0.1, 0.15) is 0 Å². The number of carbonyl (C=O) groups is 1. The van der Waals surface area contributed by atoms with Gasteiger partial charge in [-0.15, -0.1) is 0 Å². The van der Waals surface area contributed by atoms with Crippen LogP contribution in [0.2, 0.25) is 0 Å². The van der Waals surface area contributed by atoms with Gasteiger partial charge < -0.3 is 4.98 Å². The number of rotatable bonds is 3. The second-order valence-electron chi connectivity index (χ2n) is 2.31. The van der Waals surface area contributed by atoms with Gasteiger partial charge in [0.15, 0.2) is 0 Å². The van der Waals surface area contributed by atoms with Crippen LogP contribution in [0.25, 0.3) is 0 Å². The van der Waals surface area contributed by atoms with E-state index < -0.39 is 5.91 Å². The van der Waals surface area contributed by atoms with E-state index in [1.807, 2.05) is 0 Å². The minimum Gasteiger partial charge on any atom is -0.329 e. The number of H-pyrrole nitrogens is 1. The van der Waals surface area contributed by atoms with E-state index in [0.29, 0.717) is 6.61 Å². The number of hydrogen-bond acceptors (Lipinski definition) is 3. The lowest BCUT2D eigenvalue weighted by atomic mass is 10.2. The third-order valence-electron chi connectivity index (χ3n) is 1.35. The van der Waals surface area contributed by atoms with Crippen molar-refractivity contribution in [2.24, 2.45) is 0 Å². The molecule has 1 aromatic rings. The Morgan fingerprint density at radius 3 is 3.08 bits per heavy atom. The lowest BCUT2D eigenvalue weighted by molar-refractivity contribution is 0.0364. The van der Waals surface area contributed by atoms with E-state index in [9.17, 15) is 9.59 Å². The molecule has 5 heteroatoms. The molecule has 0 atom stereocenters. The first-order chi connectivity index (χ1) is 6.24. The number of aromatic amines is 1. The molecule has 1 amide bonds. The van der Waals surface area contributed by atoms with Gasteiger partial charge in [0.05, 0.1) is 6.61 Å². The molecule has 0 saturated heterocycles. The van der Waals surface area contributed by atoms with Crippen LogP contribution in [-0.2, 0) is 4.84 Å². The molecule has 1 heterocycles. The third kappa shape index (κ3) is 2.72. The minimum atomic E-state index is -0.423. The van der Waals surface area contributed by atoms with Crippen molar-refractivity contribution in [3.05, 3.63) is 34.2 Å². The van der Waals surface area contributed by atoms with E-state index in [1.165, 1.54) is 18.3 Å². The molecule has 0 bridgehead atoms. The summed E-state index contributed by atoms with van der Waals surface area (Å²) in [5.41, 5.74) is 2.14. The van der Waals surface area contributed by atoms with Crippen molar-refractivity contribution >= 4 is 5.91 Å². The summed E-state index contributed by atoms with van der Waals surface area (Å²) in [5.74, 6) is -0.423. The summed E-state index contributed by atoms with van der Waals surface area (Å²) in [7, 11) is 0. The Morgan fingerprint density at radius 1 is 1.69 bits per heavy atom. The summed E-state index contributed by atoms with van der Waals surface area (Å²) in [5, 5.41) is 0. The van der Waals surface area contributed by atoms with Gasteiger partial charge in [-0.2, -0.15) is 0 Å². The SMILES string of the molecule is CCONC(=O)c1cc[nH]c(=O)c1. The number of amides is 1. The predicted molar refractivity (Wildman–Crippen MR) is 46.2 cm³/mol. The Morgan fingerprint density at radius 2 is 2.46 bits per heavy atom. The Balaban J connectivity index is 2.71. The summed E-state index contributed by atoms with van der Waals surface area (Å²) in [4.78, 5) is 29.0. The van der Waals surface area contributed by atoms with Crippen LogP contribution < -0.4 is 11.0 Å². The molecule has 5 nitrogen and oxygen atoms in total. The van der Waals surface area contributed by atoms with Gasteiger partial charge in [0.25, 0.3) is 5.91 Å². The molecule has 0 aliphatic heterocycles. The van der Waals surface area contributed by atoms with Crippen molar-refractivity contribution in [2.45, 2.75) is 6.92 Å². The molecule has 0 aliphatic rings. The highest BCUT2D eigenvalue weighted by Gasteiger charge is 2.04. The highest BCUT2D eigenvalue weighted by atomic mass is 16.6. The van der Waals surface area contributed by atoms with Gasteiger partial charge in [-0.1, -0.05) is 0 Å². The first-order valence-electron chi connectivity index (χ1n) is 3.85. The minimum absolute atomic E-state index is 0.275. The fourth-order valence-corrected chi connectivity index (χ4v) is 0.782. The van der Waals surface area contributed by atoms with Crippen LogP contribution in [0.3, 0.4) is 0 Å². The molecule has 0 fully saturated rings. The summed E-state index contributed by atoms with van der Waals surface area (Å²) in [6.45, 7) is 2.13. The van der Waals surface area contributed by atoms with Gasteiger partial charge in [0.2, 0.25) is 5.56 Å².